The molecule has 4 nitrogen and oxygen atoms in total. The summed E-state index contributed by atoms with van der Waals surface area (Å²) in [4.78, 5) is 11.0. The third-order valence-electron chi connectivity index (χ3n) is 3.24. The van der Waals surface area contributed by atoms with Crippen molar-refractivity contribution < 1.29 is 0 Å². The van der Waals surface area contributed by atoms with Crippen LogP contribution in [0.4, 0.5) is 5.82 Å². The van der Waals surface area contributed by atoms with Gasteiger partial charge in [-0.2, -0.15) is 0 Å². The van der Waals surface area contributed by atoms with Crippen LogP contribution < -0.4 is 10.6 Å². The molecule has 100 valence electrons. The molecule has 0 saturated carbocycles. The Morgan fingerprint density at radius 1 is 1.11 bits per heavy atom. The summed E-state index contributed by atoms with van der Waals surface area (Å²) >= 11 is 0. The van der Waals surface area contributed by atoms with Crippen LogP contribution in [-0.4, -0.2) is 16.5 Å². The van der Waals surface area contributed by atoms with Crippen molar-refractivity contribution >= 4 is 5.82 Å². The van der Waals surface area contributed by atoms with E-state index in [1.165, 1.54) is 11.1 Å². The average Bonchev–Trinajstić information content (AvgIpc) is 2.46. The molecule has 0 aliphatic carbocycles. The van der Waals surface area contributed by atoms with Crippen molar-refractivity contribution in [2.75, 3.05) is 11.4 Å². The van der Waals surface area contributed by atoms with Crippen molar-refractivity contribution in [3.8, 4) is 0 Å². The maximum absolute atomic E-state index is 5.79. The van der Waals surface area contributed by atoms with Crippen LogP contribution >= 0.6 is 0 Å². The van der Waals surface area contributed by atoms with Gasteiger partial charge in [-0.15, -0.1) is 0 Å². The second-order valence-corrected chi connectivity index (χ2v) is 4.45. The van der Waals surface area contributed by atoms with E-state index in [2.05, 4.69) is 33.9 Å². The normalized spacial score (nSPS) is 10.5. The van der Waals surface area contributed by atoms with Gasteiger partial charge in [0.05, 0.1) is 5.69 Å². The van der Waals surface area contributed by atoms with Crippen LogP contribution in [0.2, 0.25) is 0 Å². The third-order valence-corrected chi connectivity index (χ3v) is 3.24. The fraction of sp³-hybridized carbons (Fsp3) is 0.333. The van der Waals surface area contributed by atoms with Crippen molar-refractivity contribution in [2.24, 2.45) is 5.73 Å². The van der Waals surface area contributed by atoms with Gasteiger partial charge in [0, 0.05) is 32.0 Å². The number of nitrogens with two attached hydrogens (primary N) is 1. The van der Waals surface area contributed by atoms with Crippen LogP contribution in [0.15, 0.2) is 36.7 Å². The molecule has 4 heteroatoms. The van der Waals surface area contributed by atoms with Gasteiger partial charge in [-0.05, 0) is 25.0 Å². The zero-order valence-corrected chi connectivity index (χ0v) is 11.5. The van der Waals surface area contributed by atoms with Crippen molar-refractivity contribution in [3.63, 3.8) is 0 Å². The second-order valence-electron chi connectivity index (χ2n) is 4.45. The molecule has 0 unspecified atom stereocenters. The van der Waals surface area contributed by atoms with Crippen molar-refractivity contribution in [1.82, 2.24) is 9.97 Å². The average molecular weight is 256 g/mol. The van der Waals surface area contributed by atoms with E-state index in [1.807, 2.05) is 19.1 Å². The zero-order valence-electron chi connectivity index (χ0n) is 11.5. The highest BCUT2D eigenvalue weighted by Gasteiger charge is 2.11. The Morgan fingerprint density at radius 2 is 1.79 bits per heavy atom. The largest absolute Gasteiger partial charge is 0.351 e. The zero-order chi connectivity index (χ0) is 13.7. The van der Waals surface area contributed by atoms with Gasteiger partial charge in [-0.1, -0.05) is 24.3 Å². The molecule has 2 aromatic rings. The summed E-state index contributed by atoms with van der Waals surface area (Å²) in [6.07, 6.45) is 3.46. The van der Waals surface area contributed by atoms with Crippen LogP contribution in [0.1, 0.15) is 23.7 Å². The predicted molar refractivity (Wildman–Crippen MR) is 77.8 cm³/mol. The van der Waals surface area contributed by atoms with Gasteiger partial charge in [0.1, 0.15) is 5.82 Å². The lowest BCUT2D eigenvalue weighted by Gasteiger charge is -2.24. The summed E-state index contributed by atoms with van der Waals surface area (Å²) in [7, 11) is 0. The minimum absolute atomic E-state index is 0.563. The molecule has 0 radical (unpaired) electrons. The minimum Gasteiger partial charge on any atom is -0.351 e. The molecule has 2 rings (SSSR count). The second kappa shape index (κ2) is 6.29. The van der Waals surface area contributed by atoms with E-state index in [9.17, 15) is 0 Å². The molecule has 0 atom stereocenters. The lowest BCUT2D eigenvalue weighted by atomic mass is 10.1. The molecule has 0 fully saturated rings. The monoisotopic (exact) mass is 256 g/mol. The molecule has 1 aromatic carbocycles. The SMILES string of the molecule is CCN(Cc1ccccc1CN)c1nccnc1C. The first-order valence-electron chi connectivity index (χ1n) is 6.55. The van der Waals surface area contributed by atoms with E-state index in [0.29, 0.717) is 6.54 Å². The van der Waals surface area contributed by atoms with Crippen LogP contribution in [0.25, 0.3) is 0 Å². The molecule has 0 saturated heterocycles. The van der Waals surface area contributed by atoms with Gasteiger partial charge in [0.2, 0.25) is 0 Å². The topological polar surface area (TPSA) is 55.0 Å². The molecule has 0 spiro atoms. The number of hydrogen-bond donors (Lipinski definition) is 1. The third kappa shape index (κ3) is 3.09. The molecule has 2 N–H and O–H groups in total. The molecule has 0 amide bonds. The maximum atomic E-state index is 5.79. The van der Waals surface area contributed by atoms with Crippen molar-refractivity contribution in [3.05, 3.63) is 53.5 Å². The fourth-order valence-electron chi connectivity index (χ4n) is 2.16. The summed E-state index contributed by atoms with van der Waals surface area (Å²) in [6, 6.07) is 8.27. The van der Waals surface area contributed by atoms with Crippen molar-refractivity contribution in [2.45, 2.75) is 26.9 Å². The molecule has 19 heavy (non-hydrogen) atoms. The predicted octanol–water partition coefficient (Wildman–Crippen LogP) is 2.27. The van der Waals surface area contributed by atoms with Gasteiger partial charge < -0.3 is 10.6 Å². The lowest BCUT2D eigenvalue weighted by Crippen LogP contribution is -2.25. The Bertz CT molecular complexity index is 539. The number of hydrogen-bond acceptors (Lipinski definition) is 4. The number of aryl methyl sites for hydroxylation is 1. The lowest BCUT2D eigenvalue weighted by molar-refractivity contribution is 0.792. The van der Waals surface area contributed by atoms with E-state index >= 15 is 0 Å². The van der Waals surface area contributed by atoms with Crippen LogP contribution in [0.5, 0.6) is 0 Å². The first kappa shape index (κ1) is 13.5. The van der Waals surface area contributed by atoms with Gasteiger partial charge >= 0.3 is 0 Å². The Labute approximate surface area is 114 Å². The van der Waals surface area contributed by atoms with Gasteiger partial charge in [-0.25, -0.2) is 4.98 Å². The summed E-state index contributed by atoms with van der Waals surface area (Å²) in [5, 5.41) is 0. The van der Waals surface area contributed by atoms with Crippen LogP contribution in [0.3, 0.4) is 0 Å². The Balaban J connectivity index is 2.27. The van der Waals surface area contributed by atoms with E-state index in [1.54, 1.807) is 12.4 Å². The molecular weight excluding hydrogens is 236 g/mol. The maximum Gasteiger partial charge on any atom is 0.150 e. The highest BCUT2D eigenvalue weighted by atomic mass is 15.2. The van der Waals surface area contributed by atoms with E-state index < -0.39 is 0 Å². The molecule has 0 bridgehead atoms. The quantitative estimate of drug-likeness (QED) is 0.891. The standard InChI is InChI=1S/C15H20N4/c1-3-19(15-12(2)17-8-9-18-15)11-14-7-5-4-6-13(14)10-16/h4-9H,3,10-11,16H2,1-2H3. The summed E-state index contributed by atoms with van der Waals surface area (Å²) in [5.41, 5.74) is 9.17. The molecule has 0 aliphatic rings. The summed E-state index contributed by atoms with van der Waals surface area (Å²) in [6.45, 7) is 6.37. The van der Waals surface area contributed by atoms with Gasteiger partial charge in [-0.3, -0.25) is 4.98 Å². The van der Waals surface area contributed by atoms with Crippen molar-refractivity contribution in [1.29, 1.82) is 0 Å². The first-order valence-corrected chi connectivity index (χ1v) is 6.55. The van der Waals surface area contributed by atoms with Crippen LogP contribution in [-0.2, 0) is 13.1 Å². The Morgan fingerprint density at radius 3 is 2.42 bits per heavy atom. The molecule has 1 heterocycles. The smallest absolute Gasteiger partial charge is 0.150 e. The fourth-order valence-corrected chi connectivity index (χ4v) is 2.16. The number of nitrogens with zero attached hydrogens (tertiary/aromatic N) is 3. The van der Waals surface area contributed by atoms with Crippen LogP contribution in [0, 0.1) is 6.92 Å². The Hall–Kier alpha value is -1.94. The first-order chi connectivity index (χ1) is 9.26. The molecule has 0 aliphatic heterocycles. The molecular formula is C15H20N4. The summed E-state index contributed by atoms with van der Waals surface area (Å²) < 4.78 is 0. The highest BCUT2D eigenvalue weighted by molar-refractivity contribution is 5.44. The number of benzene rings is 1. The summed E-state index contributed by atoms with van der Waals surface area (Å²) in [5.74, 6) is 0.942. The van der Waals surface area contributed by atoms with Gasteiger partial charge in [0.15, 0.2) is 0 Å². The van der Waals surface area contributed by atoms with E-state index in [-0.39, 0.29) is 0 Å². The minimum atomic E-state index is 0.563. The highest BCUT2D eigenvalue weighted by Crippen LogP contribution is 2.18. The number of rotatable bonds is 5. The molecule has 1 aromatic heterocycles. The van der Waals surface area contributed by atoms with Gasteiger partial charge in [0.25, 0.3) is 0 Å². The Kier molecular flexibility index (Phi) is 4.47. The number of aromatic nitrogens is 2. The number of anilines is 1. The van der Waals surface area contributed by atoms with E-state index in [0.717, 1.165) is 24.6 Å². The van der Waals surface area contributed by atoms with E-state index in [4.69, 9.17) is 5.73 Å².